The molecule has 0 atom stereocenters. The number of ether oxygens (including phenoxy) is 2. The van der Waals surface area contributed by atoms with Gasteiger partial charge < -0.3 is 14.4 Å². The highest BCUT2D eigenvalue weighted by Gasteiger charge is 2.32. The van der Waals surface area contributed by atoms with Gasteiger partial charge in [-0.2, -0.15) is 9.40 Å². The molecule has 33 heavy (non-hydrogen) atoms. The lowest BCUT2D eigenvalue weighted by Crippen LogP contribution is -2.51. The van der Waals surface area contributed by atoms with Gasteiger partial charge in [-0.15, -0.1) is 0 Å². The van der Waals surface area contributed by atoms with Crippen LogP contribution in [0.5, 0.6) is 11.5 Å². The zero-order valence-electron chi connectivity index (χ0n) is 18.4. The van der Waals surface area contributed by atoms with Gasteiger partial charge in [0.1, 0.15) is 17.9 Å². The molecule has 0 aliphatic carbocycles. The summed E-state index contributed by atoms with van der Waals surface area (Å²) in [6.07, 6.45) is 0.720. The van der Waals surface area contributed by atoms with Crippen LogP contribution in [0.2, 0.25) is 0 Å². The first-order valence-corrected chi connectivity index (χ1v) is 12.0. The molecule has 3 heterocycles. The van der Waals surface area contributed by atoms with Gasteiger partial charge in [0.05, 0.1) is 23.0 Å². The average molecular weight is 480 g/mol. The highest BCUT2D eigenvalue weighted by Crippen LogP contribution is 2.33. The first kappa shape index (κ1) is 23.0. The predicted octanol–water partition coefficient (Wildman–Crippen LogP) is 1.10. The molecule has 12 nitrogen and oxygen atoms in total. The van der Waals surface area contributed by atoms with Crippen molar-refractivity contribution in [3.05, 3.63) is 39.7 Å². The number of aromatic nitrogens is 2. The van der Waals surface area contributed by atoms with Crippen molar-refractivity contribution >= 4 is 21.6 Å². The second-order valence-electron chi connectivity index (χ2n) is 7.88. The first-order valence-electron chi connectivity index (χ1n) is 10.5. The summed E-state index contributed by atoms with van der Waals surface area (Å²) in [5.74, 6) is 0.649. The maximum absolute atomic E-state index is 13.1. The minimum absolute atomic E-state index is 0.103. The first-order chi connectivity index (χ1) is 15.7. The molecule has 0 unspecified atom stereocenters. The minimum atomic E-state index is -3.77. The van der Waals surface area contributed by atoms with E-state index in [9.17, 15) is 23.3 Å². The molecule has 4 rings (SSSR count). The Hall–Kier alpha value is -3.19. The van der Waals surface area contributed by atoms with Crippen LogP contribution in [-0.4, -0.2) is 77.6 Å². The normalized spacial score (nSPS) is 17.0. The zero-order valence-corrected chi connectivity index (χ0v) is 19.2. The fourth-order valence-electron chi connectivity index (χ4n) is 3.96. The Morgan fingerprint density at radius 1 is 1.12 bits per heavy atom. The number of nitrogens with zero attached hydrogens (tertiary/aromatic N) is 5. The monoisotopic (exact) mass is 479 g/mol. The molecule has 2 aliphatic heterocycles. The standard InChI is InChI=1S/C20H25N5O7S/c1-14-20(25(27)28)15(2)24(21-14)13-19(26)22-6-8-23(9-7-22)33(29,30)16-4-5-17-18(12-16)32-11-3-10-31-17/h4-5,12H,3,6-11,13H2,1-2H3. The Morgan fingerprint density at radius 3 is 2.42 bits per heavy atom. The molecule has 13 heteroatoms. The lowest BCUT2D eigenvalue weighted by molar-refractivity contribution is -0.386. The Bertz CT molecular complexity index is 1190. The van der Waals surface area contributed by atoms with Crippen LogP contribution in [0.1, 0.15) is 17.8 Å². The Morgan fingerprint density at radius 2 is 1.79 bits per heavy atom. The van der Waals surface area contributed by atoms with Crippen LogP contribution in [0.15, 0.2) is 23.1 Å². The number of rotatable bonds is 5. The topological polar surface area (TPSA) is 137 Å². The van der Waals surface area contributed by atoms with E-state index in [0.717, 1.165) is 6.42 Å². The van der Waals surface area contributed by atoms with E-state index < -0.39 is 14.9 Å². The molecule has 1 aromatic carbocycles. The van der Waals surface area contributed by atoms with Crippen molar-refractivity contribution in [1.82, 2.24) is 19.0 Å². The van der Waals surface area contributed by atoms with Gasteiger partial charge in [-0.05, 0) is 26.0 Å². The molecule has 1 amide bonds. The third-order valence-corrected chi connectivity index (χ3v) is 7.65. The van der Waals surface area contributed by atoms with E-state index in [0.29, 0.717) is 30.4 Å². The van der Waals surface area contributed by atoms with E-state index in [-0.39, 0.29) is 54.9 Å². The number of piperazine rings is 1. The molecule has 2 aliphatic rings. The van der Waals surface area contributed by atoms with E-state index in [2.05, 4.69) is 5.10 Å². The fourth-order valence-corrected chi connectivity index (χ4v) is 5.40. The number of hydrogen-bond acceptors (Lipinski definition) is 8. The molecule has 1 aromatic heterocycles. The third-order valence-electron chi connectivity index (χ3n) is 5.76. The van der Waals surface area contributed by atoms with E-state index in [1.807, 2.05) is 0 Å². The van der Waals surface area contributed by atoms with E-state index in [1.165, 1.54) is 28.0 Å². The molecule has 0 saturated carbocycles. The highest BCUT2D eigenvalue weighted by molar-refractivity contribution is 7.89. The number of aryl methyl sites for hydroxylation is 1. The average Bonchev–Trinajstić information content (AvgIpc) is 2.94. The number of carbonyl (C=O) groups excluding carboxylic acids is 1. The quantitative estimate of drug-likeness (QED) is 0.459. The van der Waals surface area contributed by atoms with Gasteiger partial charge in [-0.25, -0.2) is 8.42 Å². The summed E-state index contributed by atoms with van der Waals surface area (Å²) in [4.78, 5) is 25.0. The van der Waals surface area contributed by atoms with Crippen molar-refractivity contribution in [3.8, 4) is 11.5 Å². The van der Waals surface area contributed by atoms with Crippen molar-refractivity contribution in [3.63, 3.8) is 0 Å². The Balaban J connectivity index is 1.41. The fraction of sp³-hybridized carbons (Fsp3) is 0.500. The van der Waals surface area contributed by atoms with Crippen molar-refractivity contribution in [2.45, 2.75) is 31.7 Å². The summed E-state index contributed by atoms with van der Waals surface area (Å²) in [5.41, 5.74) is 0.451. The van der Waals surface area contributed by atoms with Gasteiger partial charge in [0.2, 0.25) is 15.9 Å². The van der Waals surface area contributed by atoms with Gasteiger partial charge in [-0.1, -0.05) is 0 Å². The van der Waals surface area contributed by atoms with Crippen LogP contribution in [0.25, 0.3) is 0 Å². The SMILES string of the molecule is Cc1nn(CC(=O)N2CCN(S(=O)(=O)c3ccc4c(c3)OCCCO4)CC2)c(C)c1[N+](=O)[O-]. The summed E-state index contributed by atoms with van der Waals surface area (Å²) in [6, 6.07) is 4.57. The largest absolute Gasteiger partial charge is 0.490 e. The van der Waals surface area contributed by atoms with Crippen LogP contribution in [0.4, 0.5) is 5.69 Å². The van der Waals surface area contributed by atoms with Crippen LogP contribution in [-0.2, 0) is 21.4 Å². The molecule has 178 valence electrons. The van der Waals surface area contributed by atoms with Crippen molar-refractivity contribution < 1.29 is 27.6 Å². The second kappa shape index (κ2) is 8.98. The molecule has 0 spiro atoms. The number of fused-ring (bicyclic) bond motifs is 1. The minimum Gasteiger partial charge on any atom is -0.490 e. The smallest absolute Gasteiger partial charge is 0.312 e. The van der Waals surface area contributed by atoms with Gasteiger partial charge in [0.25, 0.3) is 0 Å². The summed E-state index contributed by atoms with van der Waals surface area (Å²) in [7, 11) is -3.77. The molecule has 0 radical (unpaired) electrons. The number of carbonyl (C=O) groups is 1. The van der Waals surface area contributed by atoms with Crippen molar-refractivity contribution in [1.29, 1.82) is 0 Å². The van der Waals surface area contributed by atoms with Gasteiger partial charge in [-0.3, -0.25) is 19.6 Å². The molecule has 0 N–H and O–H groups in total. The van der Waals surface area contributed by atoms with Crippen LogP contribution in [0.3, 0.4) is 0 Å². The Kier molecular flexibility index (Phi) is 6.26. The van der Waals surface area contributed by atoms with Crippen LogP contribution >= 0.6 is 0 Å². The summed E-state index contributed by atoms with van der Waals surface area (Å²) < 4.78 is 40.1. The number of benzene rings is 1. The van der Waals surface area contributed by atoms with Crippen molar-refractivity contribution in [2.24, 2.45) is 0 Å². The van der Waals surface area contributed by atoms with Crippen molar-refractivity contribution in [2.75, 3.05) is 39.4 Å². The molecule has 1 saturated heterocycles. The number of amides is 1. The van der Waals surface area contributed by atoms with Gasteiger partial charge in [0.15, 0.2) is 11.5 Å². The summed E-state index contributed by atoms with van der Waals surface area (Å²) in [5, 5.41) is 15.3. The predicted molar refractivity (Wildman–Crippen MR) is 116 cm³/mol. The molecular weight excluding hydrogens is 454 g/mol. The number of sulfonamides is 1. The lowest BCUT2D eigenvalue weighted by Gasteiger charge is -2.34. The van der Waals surface area contributed by atoms with Gasteiger partial charge >= 0.3 is 5.69 Å². The maximum Gasteiger partial charge on any atom is 0.312 e. The number of nitro groups is 1. The van der Waals surface area contributed by atoms with E-state index in [4.69, 9.17) is 9.47 Å². The summed E-state index contributed by atoms with van der Waals surface area (Å²) in [6.45, 7) is 4.60. The van der Waals surface area contributed by atoms with Crippen LogP contribution in [0, 0.1) is 24.0 Å². The Labute approximate surface area is 190 Å². The maximum atomic E-state index is 13.1. The molecule has 1 fully saturated rings. The molecule has 2 aromatic rings. The van der Waals surface area contributed by atoms with Gasteiger partial charge in [0, 0.05) is 38.7 Å². The second-order valence-corrected chi connectivity index (χ2v) is 9.82. The highest BCUT2D eigenvalue weighted by atomic mass is 32.2. The lowest BCUT2D eigenvalue weighted by atomic mass is 10.3. The van der Waals surface area contributed by atoms with E-state index >= 15 is 0 Å². The molecule has 0 bridgehead atoms. The molecular formula is C20H25N5O7S. The number of hydrogen-bond donors (Lipinski definition) is 0. The van der Waals surface area contributed by atoms with E-state index in [1.54, 1.807) is 17.9 Å². The van der Waals surface area contributed by atoms with Crippen LogP contribution < -0.4 is 9.47 Å². The third kappa shape index (κ3) is 4.50. The summed E-state index contributed by atoms with van der Waals surface area (Å²) >= 11 is 0. The zero-order chi connectivity index (χ0) is 23.8.